The second-order valence-corrected chi connectivity index (χ2v) is 7.16. The summed E-state index contributed by atoms with van der Waals surface area (Å²) in [6, 6.07) is 26.6. The molecule has 1 unspecified atom stereocenters. The van der Waals surface area contributed by atoms with Crippen LogP contribution in [-0.4, -0.2) is 17.3 Å². The third kappa shape index (κ3) is 4.20. The van der Waals surface area contributed by atoms with Crippen LogP contribution in [0.5, 0.6) is 5.75 Å². The summed E-state index contributed by atoms with van der Waals surface area (Å²) < 4.78 is 9.81. The van der Waals surface area contributed by atoms with Gasteiger partial charge < -0.3 is 10.1 Å². The lowest BCUT2D eigenvalue weighted by molar-refractivity contribution is 0.0970. The summed E-state index contributed by atoms with van der Waals surface area (Å²) in [6.07, 6.45) is 0. The highest BCUT2D eigenvalue weighted by molar-refractivity contribution is 7.04. The van der Waals surface area contributed by atoms with E-state index in [1.807, 2.05) is 90.3 Å². The number of nitrogens with zero attached hydrogens (tertiary/aromatic N) is 1. The summed E-state index contributed by atoms with van der Waals surface area (Å²) in [4.78, 5) is 13.6. The Morgan fingerprint density at radius 1 is 0.966 bits per heavy atom. The molecule has 1 aromatic heterocycles. The average Bonchev–Trinajstić information content (AvgIpc) is 3.28. The molecule has 0 aliphatic heterocycles. The summed E-state index contributed by atoms with van der Waals surface area (Å²) >= 11 is 1.30. The van der Waals surface area contributed by atoms with E-state index < -0.39 is 6.04 Å². The molecule has 144 valence electrons. The van der Waals surface area contributed by atoms with Gasteiger partial charge in [0.2, 0.25) is 0 Å². The zero-order valence-corrected chi connectivity index (χ0v) is 16.7. The number of anilines is 1. The molecule has 3 aromatic carbocycles. The van der Waals surface area contributed by atoms with E-state index in [9.17, 15) is 4.79 Å². The van der Waals surface area contributed by atoms with Crippen LogP contribution >= 0.6 is 11.5 Å². The Labute approximate surface area is 174 Å². The Morgan fingerprint density at radius 2 is 1.69 bits per heavy atom. The maximum atomic E-state index is 13.6. The number of hydrogen-bond donors (Lipinski definition) is 1. The van der Waals surface area contributed by atoms with Gasteiger partial charge in [-0.1, -0.05) is 66.7 Å². The highest BCUT2D eigenvalue weighted by Gasteiger charge is 2.26. The fraction of sp³-hybridized carbons (Fsp3) is 0.0833. The Balaban J connectivity index is 1.72. The number of ketones is 1. The molecule has 4 nitrogen and oxygen atoms in total. The number of aromatic nitrogens is 1. The van der Waals surface area contributed by atoms with Gasteiger partial charge in [-0.05, 0) is 29.2 Å². The van der Waals surface area contributed by atoms with E-state index in [2.05, 4.69) is 9.69 Å². The van der Waals surface area contributed by atoms with E-state index in [-0.39, 0.29) is 5.78 Å². The fourth-order valence-corrected chi connectivity index (χ4v) is 3.89. The first-order chi connectivity index (χ1) is 14.3. The second kappa shape index (κ2) is 8.71. The molecule has 1 atom stereocenters. The Morgan fingerprint density at radius 3 is 2.41 bits per heavy atom. The average molecular weight is 401 g/mol. The molecule has 0 saturated carbocycles. The predicted molar refractivity (Wildman–Crippen MR) is 118 cm³/mol. The molecule has 1 heterocycles. The van der Waals surface area contributed by atoms with Gasteiger partial charge in [0.1, 0.15) is 11.8 Å². The Kier molecular flexibility index (Phi) is 5.68. The highest BCUT2D eigenvalue weighted by Crippen LogP contribution is 2.31. The van der Waals surface area contributed by atoms with Crippen LogP contribution in [0.2, 0.25) is 0 Å². The largest absolute Gasteiger partial charge is 0.497 e. The van der Waals surface area contributed by atoms with E-state index in [0.29, 0.717) is 11.3 Å². The third-order valence-electron chi connectivity index (χ3n) is 4.66. The van der Waals surface area contributed by atoms with Gasteiger partial charge in [-0.25, -0.2) is 0 Å². The molecule has 29 heavy (non-hydrogen) atoms. The molecule has 0 aliphatic carbocycles. The molecule has 0 radical (unpaired) electrons. The summed E-state index contributed by atoms with van der Waals surface area (Å²) in [6.45, 7) is 0. The lowest BCUT2D eigenvalue weighted by atomic mass is 9.95. The molecular weight excluding hydrogens is 380 g/mol. The van der Waals surface area contributed by atoms with Gasteiger partial charge in [0.15, 0.2) is 5.78 Å². The first-order valence-corrected chi connectivity index (χ1v) is 10.1. The molecule has 0 aliphatic rings. The topological polar surface area (TPSA) is 51.2 Å². The van der Waals surface area contributed by atoms with Gasteiger partial charge in [-0.2, -0.15) is 4.37 Å². The lowest BCUT2D eigenvalue weighted by Crippen LogP contribution is -2.21. The number of carbonyl (C=O) groups excluding carboxylic acids is 1. The van der Waals surface area contributed by atoms with Crippen LogP contribution in [-0.2, 0) is 0 Å². The van der Waals surface area contributed by atoms with E-state index in [1.165, 1.54) is 11.5 Å². The molecule has 0 amide bonds. The minimum atomic E-state index is -0.540. The van der Waals surface area contributed by atoms with E-state index in [4.69, 9.17) is 4.74 Å². The monoisotopic (exact) mass is 400 g/mol. The number of benzene rings is 3. The first-order valence-electron chi connectivity index (χ1n) is 9.26. The number of nitrogens with one attached hydrogen (secondary N) is 1. The van der Waals surface area contributed by atoms with Crippen molar-refractivity contribution in [3.05, 3.63) is 101 Å². The van der Waals surface area contributed by atoms with Crippen LogP contribution < -0.4 is 10.1 Å². The van der Waals surface area contributed by atoms with Crippen molar-refractivity contribution in [1.29, 1.82) is 0 Å². The van der Waals surface area contributed by atoms with Crippen molar-refractivity contribution in [3.8, 4) is 17.0 Å². The van der Waals surface area contributed by atoms with Crippen LogP contribution in [0.3, 0.4) is 0 Å². The van der Waals surface area contributed by atoms with Gasteiger partial charge in [-0.3, -0.25) is 4.79 Å². The summed E-state index contributed by atoms with van der Waals surface area (Å²) in [5.41, 5.74) is 3.98. The highest BCUT2D eigenvalue weighted by atomic mass is 32.1. The van der Waals surface area contributed by atoms with Crippen LogP contribution in [0.4, 0.5) is 5.69 Å². The van der Waals surface area contributed by atoms with Crippen molar-refractivity contribution in [1.82, 2.24) is 4.37 Å². The molecule has 0 bridgehead atoms. The number of Topliss-reactive ketones (excluding diaryl/α,β-unsaturated/α-hetero) is 1. The van der Waals surface area contributed by atoms with E-state index in [0.717, 1.165) is 22.6 Å². The minimum absolute atomic E-state index is 0.0216. The molecule has 4 rings (SSSR count). The van der Waals surface area contributed by atoms with Crippen LogP contribution in [0.15, 0.2) is 90.3 Å². The van der Waals surface area contributed by atoms with E-state index in [1.54, 1.807) is 7.11 Å². The van der Waals surface area contributed by atoms with Gasteiger partial charge >= 0.3 is 0 Å². The molecule has 1 N–H and O–H groups in total. The standard InChI is InChI=1S/C24H20N2O2S/c1-28-20-14-8-13-19(15-20)25-23(18-11-6-3-7-12-18)24(27)21-16-29-26-22(21)17-9-4-2-5-10-17/h2-16,23,25H,1H3. The van der Waals surface area contributed by atoms with Crippen LogP contribution in [0.25, 0.3) is 11.3 Å². The molecule has 5 heteroatoms. The normalized spacial score (nSPS) is 11.6. The number of ether oxygens (including phenoxy) is 1. The number of carbonyl (C=O) groups is 1. The quantitative estimate of drug-likeness (QED) is 0.395. The van der Waals surface area contributed by atoms with E-state index >= 15 is 0 Å². The summed E-state index contributed by atoms with van der Waals surface area (Å²) in [7, 11) is 1.63. The minimum Gasteiger partial charge on any atom is -0.497 e. The van der Waals surface area contributed by atoms with Crippen LogP contribution in [0, 0.1) is 0 Å². The van der Waals surface area contributed by atoms with Gasteiger partial charge in [0.25, 0.3) is 0 Å². The van der Waals surface area contributed by atoms with Gasteiger partial charge in [0.05, 0.1) is 18.4 Å². The van der Waals surface area contributed by atoms with Gasteiger partial charge in [0, 0.05) is 22.7 Å². The lowest BCUT2D eigenvalue weighted by Gasteiger charge is -2.20. The van der Waals surface area contributed by atoms with Crippen LogP contribution in [0.1, 0.15) is 22.0 Å². The number of rotatable bonds is 7. The fourth-order valence-electron chi connectivity index (χ4n) is 3.20. The number of hydrogen-bond acceptors (Lipinski definition) is 5. The first kappa shape index (κ1) is 18.9. The van der Waals surface area contributed by atoms with Crippen molar-refractivity contribution in [3.63, 3.8) is 0 Å². The van der Waals surface area contributed by atoms with Crippen molar-refractivity contribution >= 4 is 23.0 Å². The molecule has 0 spiro atoms. The molecular formula is C24H20N2O2S. The van der Waals surface area contributed by atoms with Crippen molar-refractivity contribution in [2.24, 2.45) is 0 Å². The molecule has 0 fully saturated rings. The van der Waals surface area contributed by atoms with Crippen molar-refractivity contribution in [2.75, 3.05) is 12.4 Å². The number of methoxy groups -OCH3 is 1. The smallest absolute Gasteiger partial charge is 0.192 e. The summed E-state index contributed by atoms with van der Waals surface area (Å²) in [5.74, 6) is 0.711. The molecule has 0 saturated heterocycles. The zero-order valence-electron chi connectivity index (χ0n) is 15.9. The SMILES string of the molecule is COc1cccc(NC(C(=O)c2csnc2-c2ccccc2)c2ccccc2)c1. The molecule has 4 aromatic rings. The Hall–Kier alpha value is -3.44. The Bertz CT molecular complexity index is 1090. The maximum absolute atomic E-state index is 13.6. The van der Waals surface area contributed by atoms with Gasteiger partial charge in [-0.15, -0.1) is 0 Å². The summed E-state index contributed by atoms with van der Waals surface area (Å²) in [5, 5.41) is 5.21. The zero-order chi connectivity index (χ0) is 20.1. The maximum Gasteiger partial charge on any atom is 0.192 e. The van der Waals surface area contributed by atoms with Crippen molar-refractivity contribution < 1.29 is 9.53 Å². The predicted octanol–water partition coefficient (Wildman–Crippen LogP) is 5.85. The third-order valence-corrected chi connectivity index (χ3v) is 5.29. The van der Waals surface area contributed by atoms with Crippen molar-refractivity contribution in [2.45, 2.75) is 6.04 Å². The second-order valence-electron chi connectivity index (χ2n) is 6.53.